The normalized spacial score (nSPS) is 10.9. The molecule has 0 saturated carbocycles. The first-order valence-electron chi connectivity index (χ1n) is 10.3. The van der Waals surface area contributed by atoms with Crippen LogP contribution < -0.4 is 10.2 Å². The number of aromatic nitrogens is 1. The van der Waals surface area contributed by atoms with Crippen LogP contribution >= 0.6 is 0 Å². The second-order valence-corrected chi connectivity index (χ2v) is 7.09. The van der Waals surface area contributed by atoms with Gasteiger partial charge in [-0.2, -0.15) is 0 Å². The third-order valence-electron chi connectivity index (χ3n) is 4.80. The lowest BCUT2D eigenvalue weighted by molar-refractivity contribution is 0.267. The van der Waals surface area contributed by atoms with Crippen LogP contribution in [-0.4, -0.2) is 16.3 Å². The first-order valence-corrected chi connectivity index (χ1v) is 10.3. The molecule has 0 fully saturated rings. The van der Waals surface area contributed by atoms with E-state index in [2.05, 4.69) is 6.92 Å². The number of unbranched alkanes of at least 4 members (excludes halogenated alkanes) is 7. The highest BCUT2D eigenvalue weighted by atomic mass is 16.5. The fourth-order valence-electron chi connectivity index (χ4n) is 3.18. The van der Waals surface area contributed by atoms with Crippen LogP contribution in [0, 0.1) is 0 Å². The van der Waals surface area contributed by atoms with Crippen molar-refractivity contribution in [2.45, 2.75) is 71.4 Å². The van der Waals surface area contributed by atoms with Crippen molar-refractivity contribution in [2.24, 2.45) is 0 Å². The van der Waals surface area contributed by atoms with E-state index in [1.54, 1.807) is 6.20 Å². The summed E-state index contributed by atoms with van der Waals surface area (Å²) in [7, 11) is 0. The first-order chi connectivity index (χ1) is 13.2. The summed E-state index contributed by atoms with van der Waals surface area (Å²) in [6, 6.07) is 11.5. The summed E-state index contributed by atoms with van der Waals surface area (Å²) in [6.07, 6.45) is 11.6. The average Bonchev–Trinajstić information content (AvgIpc) is 2.69. The molecule has 1 aromatic heterocycles. The van der Waals surface area contributed by atoms with Gasteiger partial charge in [0.1, 0.15) is 0 Å². The molecule has 0 aliphatic carbocycles. The number of aliphatic hydroxyl groups excluding tert-OH is 1. The fourth-order valence-corrected chi connectivity index (χ4v) is 3.18. The highest BCUT2D eigenvalue weighted by Gasteiger charge is 2.08. The molecule has 1 aromatic carbocycles. The van der Waals surface area contributed by atoms with Gasteiger partial charge in [-0.25, -0.2) is 0 Å². The topological polar surface area (TPSA) is 51.5 Å². The highest BCUT2D eigenvalue weighted by Crippen LogP contribution is 2.12. The van der Waals surface area contributed by atoms with E-state index < -0.39 is 0 Å². The third-order valence-corrected chi connectivity index (χ3v) is 4.80. The van der Waals surface area contributed by atoms with Gasteiger partial charge in [-0.15, -0.1) is 0 Å². The number of nitrogens with zero attached hydrogens (tertiary/aromatic N) is 1. The van der Waals surface area contributed by atoms with E-state index in [0.29, 0.717) is 24.6 Å². The summed E-state index contributed by atoms with van der Waals surface area (Å²) in [6.45, 7) is 3.23. The highest BCUT2D eigenvalue weighted by molar-refractivity contribution is 5.24. The second kappa shape index (κ2) is 12.3. The molecule has 0 radical (unpaired) electrons. The van der Waals surface area contributed by atoms with Crippen LogP contribution in [0.15, 0.2) is 47.4 Å². The summed E-state index contributed by atoms with van der Waals surface area (Å²) in [5.41, 5.74) is 1.55. The Morgan fingerprint density at radius 2 is 1.63 bits per heavy atom. The van der Waals surface area contributed by atoms with Crippen LogP contribution in [0.2, 0.25) is 0 Å². The molecule has 0 spiro atoms. The van der Waals surface area contributed by atoms with Crippen LogP contribution in [0.4, 0.5) is 0 Å². The fraction of sp³-hybridized carbons (Fsp3) is 0.522. The Balaban J connectivity index is 1.84. The van der Waals surface area contributed by atoms with Crippen LogP contribution in [0.3, 0.4) is 0 Å². The zero-order valence-corrected chi connectivity index (χ0v) is 16.5. The maximum atomic E-state index is 12.2. The van der Waals surface area contributed by atoms with Crippen molar-refractivity contribution in [1.82, 2.24) is 4.57 Å². The number of rotatable bonds is 13. The van der Waals surface area contributed by atoms with Crippen LogP contribution in [0.1, 0.15) is 69.5 Å². The van der Waals surface area contributed by atoms with E-state index in [-0.39, 0.29) is 12.0 Å². The SMILES string of the molecule is CCCCCCCCCCOc1cn(Cc2ccccc2)c(CO)cc1=O. The minimum atomic E-state index is -0.166. The van der Waals surface area contributed by atoms with Gasteiger partial charge < -0.3 is 14.4 Å². The number of hydrogen-bond donors (Lipinski definition) is 1. The summed E-state index contributed by atoms with van der Waals surface area (Å²) >= 11 is 0. The summed E-state index contributed by atoms with van der Waals surface area (Å²) in [5, 5.41) is 9.56. The van der Waals surface area contributed by atoms with Gasteiger partial charge >= 0.3 is 0 Å². The van der Waals surface area contributed by atoms with Gasteiger partial charge in [0.2, 0.25) is 5.43 Å². The van der Waals surface area contributed by atoms with E-state index in [1.165, 1.54) is 44.6 Å². The molecule has 0 aliphatic rings. The zero-order valence-electron chi connectivity index (χ0n) is 16.5. The van der Waals surface area contributed by atoms with Gasteiger partial charge in [-0.3, -0.25) is 4.79 Å². The average molecular weight is 372 g/mol. The van der Waals surface area contributed by atoms with Crippen LogP contribution in [0.5, 0.6) is 5.75 Å². The summed E-state index contributed by atoms with van der Waals surface area (Å²) < 4.78 is 7.63. The smallest absolute Gasteiger partial charge is 0.223 e. The molecule has 4 nitrogen and oxygen atoms in total. The minimum absolute atomic E-state index is 0.164. The molecule has 2 aromatic rings. The van der Waals surface area contributed by atoms with Crippen LogP contribution in [-0.2, 0) is 13.2 Å². The maximum Gasteiger partial charge on any atom is 0.223 e. The Kier molecular flexibility index (Phi) is 9.70. The summed E-state index contributed by atoms with van der Waals surface area (Å²) in [5.74, 6) is 0.367. The lowest BCUT2D eigenvalue weighted by atomic mass is 10.1. The van der Waals surface area contributed by atoms with Gasteiger partial charge in [-0.1, -0.05) is 82.2 Å². The van der Waals surface area contributed by atoms with Crippen molar-refractivity contribution in [3.8, 4) is 5.75 Å². The first kappa shape index (κ1) is 21.2. The Labute approximate surface area is 162 Å². The maximum absolute atomic E-state index is 12.2. The Morgan fingerprint density at radius 3 is 2.30 bits per heavy atom. The molecule has 2 rings (SSSR count). The third kappa shape index (κ3) is 7.59. The Morgan fingerprint density at radius 1 is 0.963 bits per heavy atom. The number of benzene rings is 1. The largest absolute Gasteiger partial charge is 0.488 e. The zero-order chi connectivity index (χ0) is 19.3. The van der Waals surface area contributed by atoms with Crippen molar-refractivity contribution in [3.05, 3.63) is 64.1 Å². The molecule has 0 saturated heterocycles. The number of pyridine rings is 1. The van der Waals surface area contributed by atoms with Crippen molar-refractivity contribution >= 4 is 0 Å². The monoisotopic (exact) mass is 371 g/mol. The van der Waals surface area contributed by atoms with Gasteiger partial charge in [0, 0.05) is 18.3 Å². The summed E-state index contributed by atoms with van der Waals surface area (Å²) in [4.78, 5) is 12.2. The molecule has 0 unspecified atom stereocenters. The number of hydrogen-bond acceptors (Lipinski definition) is 3. The molecule has 148 valence electrons. The molecule has 1 heterocycles. The van der Waals surface area contributed by atoms with E-state index in [0.717, 1.165) is 18.4 Å². The molecule has 0 aliphatic heterocycles. The van der Waals surface area contributed by atoms with Gasteiger partial charge in [0.25, 0.3) is 0 Å². The van der Waals surface area contributed by atoms with E-state index in [9.17, 15) is 9.90 Å². The number of ether oxygens (including phenoxy) is 1. The molecule has 1 N–H and O–H groups in total. The van der Waals surface area contributed by atoms with Gasteiger partial charge in [0.05, 0.1) is 19.4 Å². The van der Waals surface area contributed by atoms with Crippen LogP contribution in [0.25, 0.3) is 0 Å². The van der Waals surface area contributed by atoms with E-state index >= 15 is 0 Å². The van der Waals surface area contributed by atoms with Crippen molar-refractivity contribution < 1.29 is 9.84 Å². The molecular weight excluding hydrogens is 338 g/mol. The van der Waals surface area contributed by atoms with Crippen molar-refractivity contribution in [2.75, 3.05) is 6.61 Å². The Hall–Kier alpha value is -2.07. The number of aliphatic hydroxyl groups is 1. The lowest BCUT2D eigenvalue weighted by Gasteiger charge is -2.14. The predicted octanol–water partition coefficient (Wildman–Crippen LogP) is 4.91. The molecule has 4 heteroatoms. The standard InChI is InChI=1S/C23H33NO3/c1-2-3-4-5-6-7-8-12-15-27-23-18-24(21(19-25)16-22(23)26)17-20-13-10-9-11-14-20/h9-11,13-14,16,18,25H,2-8,12,15,17,19H2,1H3. The van der Waals surface area contributed by atoms with E-state index in [1.807, 2.05) is 34.9 Å². The van der Waals surface area contributed by atoms with Crippen molar-refractivity contribution in [3.63, 3.8) is 0 Å². The quantitative estimate of drug-likeness (QED) is 0.509. The lowest BCUT2D eigenvalue weighted by Crippen LogP contribution is -2.16. The van der Waals surface area contributed by atoms with E-state index in [4.69, 9.17) is 4.74 Å². The minimum Gasteiger partial charge on any atom is -0.488 e. The second-order valence-electron chi connectivity index (χ2n) is 7.09. The predicted molar refractivity (Wildman–Crippen MR) is 110 cm³/mol. The molecule has 27 heavy (non-hydrogen) atoms. The molecule has 0 atom stereocenters. The van der Waals surface area contributed by atoms with Gasteiger partial charge in [-0.05, 0) is 12.0 Å². The molecule has 0 amide bonds. The molecule has 0 bridgehead atoms. The van der Waals surface area contributed by atoms with Crippen molar-refractivity contribution in [1.29, 1.82) is 0 Å². The molecular formula is C23H33NO3. The Bertz CT molecular complexity index is 709. The van der Waals surface area contributed by atoms with Gasteiger partial charge in [0.15, 0.2) is 5.75 Å².